The van der Waals surface area contributed by atoms with Crippen LogP contribution in [-0.2, 0) is 14.3 Å². The summed E-state index contributed by atoms with van der Waals surface area (Å²) in [5.74, 6) is -2.29. The topological polar surface area (TPSA) is 92.8 Å². The zero-order chi connectivity index (χ0) is 16.1. The molecule has 1 heterocycles. The highest BCUT2D eigenvalue weighted by atomic mass is 16.5. The molecule has 0 radical (unpaired) electrons. The van der Waals surface area contributed by atoms with Crippen LogP contribution < -0.4 is 5.32 Å². The molecule has 0 aliphatic carbocycles. The summed E-state index contributed by atoms with van der Waals surface area (Å²) in [6.45, 7) is 1.46. The van der Waals surface area contributed by atoms with E-state index in [1.54, 1.807) is 12.1 Å². The quantitative estimate of drug-likeness (QED) is 0.605. The number of nitrogens with one attached hydrogen (secondary N) is 1. The molecule has 3 amide bonds. The second kappa shape index (κ2) is 6.84. The molecule has 1 aromatic carbocycles. The van der Waals surface area contributed by atoms with Crippen molar-refractivity contribution in [3.05, 3.63) is 35.4 Å². The number of carbonyl (C=O) groups excluding carboxylic acids is 4. The van der Waals surface area contributed by atoms with Crippen LogP contribution >= 0.6 is 0 Å². The van der Waals surface area contributed by atoms with Crippen molar-refractivity contribution >= 4 is 23.7 Å². The van der Waals surface area contributed by atoms with Gasteiger partial charge in [-0.05, 0) is 18.6 Å². The lowest BCUT2D eigenvalue weighted by Gasteiger charge is -2.12. The molecule has 1 aromatic rings. The minimum absolute atomic E-state index is 0.265. The van der Waals surface area contributed by atoms with Crippen molar-refractivity contribution in [2.24, 2.45) is 0 Å². The molecule has 22 heavy (non-hydrogen) atoms. The van der Waals surface area contributed by atoms with Crippen molar-refractivity contribution in [2.75, 3.05) is 19.7 Å². The minimum atomic E-state index is -0.804. The second-order valence-electron chi connectivity index (χ2n) is 4.75. The Labute approximate surface area is 127 Å². The normalized spacial score (nSPS) is 13.0. The summed E-state index contributed by atoms with van der Waals surface area (Å²) in [4.78, 5) is 47.9. The molecule has 0 atom stereocenters. The predicted molar refractivity (Wildman–Crippen MR) is 76.1 cm³/mol. The summed E-state index contributed by atoms with van der Waals surface area (Å²) in [5, 5.41) is 2.55. The number of rotatable bonds is 6. The van der Waals surface area contributed by atoms with Gasteiger partial charge >= 0.3 is 5.97 Å². The van der Waals surface area contributed by atoms with Gasteiger partial charge in [0, 0.05) is 6.54 Å². The van der Waals surface area contributed by atoms with Crippen LogP contribution in [0.3, 0.4) is 0 Å². The van der Waals surface area contributed by atoms with Gasteiger partial charge in [0.15, 0.2) is 6.61 Å². The van der Waals surface area contributed by atoms with Crippen LogP contribution in [0.15, 0.2) is 24.3 Å². The van der Waals surface area contributed by atoms with E-state index in [0.717, 1.165) is 11.3 Å². The van der Waals surface area contributed by atoms with Crippen LogP contribution in [0, 0.1) is 0 Å². The number of hydrogen-bond donors (Lipinski definition) is 1. The molecular weight excluding hydrogens is 288 g/mol. The average Bonchev–Trinajstić information content (AvgIpc) is 2.76. The van der Waals surface area contributed by atoms with Gasteiger partial charge in [-0.15, -0.1) is 0 Å². The first-order valence-electron chi connectivity index (χ1n) is 6.92. The Bertz CT molecular complexity index is 591. The van der Waals surface area contributed by atoms with E-state index in [0.29, 0.717) is 6.54 Å². The Morgan fingerprint density at radius 2 is 1.73 bits per heavy atom. The molecule has 1 aliphatic rings. The van der Waals surface area contributed by atoms with Crippen molar-refractivity contribution in [2.45, 2.75) is 13.3 Å². The highest BCUT2D eigenvalue weighted by molar-refractivity contribution is 6.22. The van der Waals surface area contributed by atoms with Crippen LogP contribution in [-0.4, -0.2) is 48.3 Å². The van der Waals surface area contributed by atoms with Gasteiger partial charge in [-0.1, -0.05) is 19.1 Å². The lowest BCUT2D eigenvalue weighted by atomic mass is 10.1. The molecule has 2 rings (SSSR count). The van der Waals surface area contributed by atoms with Gasteiger partial charge in [0.05, 0.1) is 11.1 Å². The lowest BCUT2D eigenvalue weighted by Crippen LogP contribution is -2.37. The molecule has 0 unspecified atom stereocenters. The first-order valence-corrected chi connectivity index (χ1v) is 6.92. The van der Waals surface area contributed by atoms with E-state index in [1.807, 2.05) is 6.92 Å². The van der Waals surface area contributed by atoms with E-state index < -0.39 is 36.8 Å². The average molecular weight is 304 g/mol. The predicted octanol–water partition coefficient (Wildman–Crippen LogP) is 0.352. The molecule has 0 bridgehead atoms. The Kier molecular flexibility index (Phi) is 4.88. The van der Waals surface area contributed by atoms with Gasteiger partial charge < -0.3 is 10.1 Å². The van der Waals surface area contributed by atoms with Crippen LogP contribution in [0.2, 0.25) is 0 Å². The largest absolute Gasteiger partial charge is 0.454 e. The fraction of sp³-hybridized carbons (Fsp3) is 0.333. The fourth-order valence-corrected chi connectivity index (χ4v) is 2.02. The first-order chi connectivity index (χ1) is 10.5. The number of amides is 3. The maximum atomic E-state index is 12.0. The van der Waals surface area contributed by atoms with Crippen molar-refractivity contribution in [1.82, 2.24) is 10.2 Å². The standard InChI is InChI=1S/C15H16N2O5/c1-2-7-16-12(18)9-22-13(19)8-17-14(20)10-5-3-4-6-11(10)15(17)21/h3-6H,2,7-9H2,1H3,(H,16,18). The number of nitrogens with zero attached hydrogens (tertiary/aromatic N) is 1. The third-order valence-electron chi connectivity index (χ3n) is 3.10. The number of imide groups is 1. The lowest BCUT2D eigenvalue weighted by molar-refractivity contribution is -0.148. The Balaban J connectivity index is 1.90. The molecule has 0 fully saturated rings. The number of hydrogen-bond acceptors (Lipinski definition) is 5. The summed E-state index contributed by atoms with van der Waals surface area (Å²) >= 11 is 0. The zero-order valence-corrected chi connectivity index (χ0v) is 12.1. The summed E-state index contributed by atoms with van der Waals surface area (Å²) in [6.07, 6.45) is 0.773. The van der Waals surface area contributed by atoms with E-state index >= 15 is 0 Å². The van der Waals surface area contributed by atoms with Crippen LogP contribution in [0.5, 0.6) is 0 Å². The molecule has 7 nitrogen and oxygen atoms in total. The molecule has 0 saturated carbocycles. The molecular formula is C15H16N2O5. The molecule has 1 N–H and O–H groups in total. The van der Waals surface area contributed by atoms with E-state index in [2.05, 4.69) is 5.32 Å². The maximum absolute atomic E-state index is 12.0. The summed E-state index contributed by atoms with van der Waals surface area (Å²) < 4.78 is 4.76. The van der Waals surface area contributed by atoms with Crippen molar-refractivity contribution in [3.63, 3.8) is 0 Å². The Morgan fingerprint density at radius 3 is 2.27 bits per heavy atom. The molecule has 1 aliphatic heterocycles. The highest BCUT2D eigenvalue weighted by Crippen LogP contribution is 2.21. The monoisotopic (exact) mass is 304 g/mol. The van der Waals surface area contributed by atoms with Gasteiger partial charge in [-0.3, -0.25) is 24.1 Å². The van der Waals surface area contributed by atoms with Crippen LogP contribution in [0.25, 0.3) is 0 Å². The van der Waals surface area contributed by atoms with Crippen LogP contribution in [0.4, 0.5) is 0 Å². The number of benzene rings is 1. The number of carbonyl (C=O) groups is 4. The van der Waals surface area contributed by atoms with E-state index in [9.17, 15) is 19.2 Å². The van der Waals surface area contributed by atoms with Gasteiger partial charge in [0.25, 0.3) is 17.7 Å². The van der Waals surface area contributed by atoms with E-state index in [4.69, 9.17) is 4.74 Å². The number of fused-ring (bicyclic) bond motifs is 1. The van der Waals surface area contributed by atoms with Crippen molar-refractivity contribution in [3.8, 4) is 0 Å². The zero-order valence-electron chi connectivity index (χ0n) is 12.1. The maximum Gasteiger partial charge on any atom is 0.326 e. The van der Waals surface area contributed by atoms with Gasteiger partial charge in [0.2, 0.25) is 0 Å². The van der Waals surface area contributed by atoms with E-state index in [1.165, 1.54) is 12.1 Å². The SMILES string of the molecule is CCCNC(=O)COC(=O)CN1C(=O)c2ccccc2C1=O. The second-order valence-corrected chi connectivity index (χ2v) is 4.75. The van der Waals surface area contributed by atoms with Crippen LogP contribution in [0.1, 0.15) is 34.1 Å². The van der Waals surface area contributed by atoms with Crippen molar-refractivity contribution in [1.29, 1.82) is 0 Å². The molecule has 7 heteroatoms. The van der Waals surface area contributed by atoms with Crippen molar-refractivity contribution < 1.29 is 23.9 Å². The summed E-state index contributed by atoms with van der Waals surface area (Å²) in [6, 6.07) is 6.34. The Morgan fingerprint density at radius 1 is 1.14 bits per heavy atom. The first kappa shape index (κ1) is 15.7. The molecule has 0 spiro atoms. The minimum Gasteiger partial charge on any atom is -0.454 e. The number of esters is 1. The molecule has 0 aromatic heterocycles. The van der Waals surface area contributed by atoms with Gasteiger partial charge in [-0.25, -0.2) is 0 Å². The summed E-state index contributed by atoms with van der Waals surface area (Å²) in [5.41, 5.74) is 0.530. The third kappa shape index (κ3) is 3.30. The number of ether oxygens (including phenoxy) is 1. The smallest absolute Gasteiger partial charge is 0.326 e. The third-order valence-corrected chi connectivity index (χ3v) is 3.10. The Hall–Kier alpha value is -2.70. The fourth-order valence-electron chi connectivity index (χ4n) is 2.02. The van der Waals surface area contributed by atoms with Gasteiger partial charge in [-0.2, -0.15) is 0 Å². The van der Waals surface area contributed by atoms with Gasteiger partial charge in [0.1, 0.15) is 6.54 Å². The molecule has 0 saturated heterocycles. The van der Waals surface area contributed by atoms with E-state index in [-0.39, 0.29) is 11.1 Å². The highest BCUT2D eigenvalue weighted by Gasteiger charge is 2.36. The summed E-state index contributed by atoms with van der Waals surface area (Å²) in [7, 11) is 0. The molecule has 116 valence electrons.